The minimum absolute atomic E-state index is 0.716. The van der Waals surface area contributed by atoms with Crippen molar-refractivity contribution in [3.8, 4) is 11.1 Å². The van der Waals surface area contributed by atoms with E-state index in [0.717, 1.165) is 5.92 Å². The second-order valence-electron chi connectivity index (χ2n) is 5.45. The van der Waals surface area contributed by atoms with Crippen molar-refractivity contribution < 1.29 is 0 Å². The van der Waals surface area contributed by atoms with Crippen LogP contribution in [0.15, 0.2) is 48.5 Å². The fraction of sp³-hybridized carbons (Fsp3) is 0.333. The maximum absolute atomic E-state index is 2.41. The lowest BCUT2D eigenvalue weighted by Crippen LogP contribution is -1.90. The Kier molecular flexibility index (Phi) is 2.95. The number of hydrogen-bond acceptors (Lipinski definition) is 0. The molecule has 0 aliphatic heterocycles. The molecule has 1 aliphatic rings. The second-order valence-corrected chi connectivity index (χ2v) is 5.45. The molecule has 0 spiro atoms. The predicted molar refractivity (Wildman–Crippen MR) is 77.9 cm³/mol. The van der Waals surface area contributed by atoms with E-state index in [0.29, 0.717) is 5.92 Å². The summed E-state index contributed by atoms with van der Waals surface area (Å²) in [5, 5.41) is 0. The van der Waals surface area contributed by atoms with Crippen LogP contribution >= 0.6 is 0 Å². The van der Waals surface area contributed by atoms with Gasteiger partial charge in [-0.1, -0.05) is 62.4 Å². The molecule has 1 unspecified atom stereocenters. The first kappa shape index (κ1) is 11.5. The van der Waals surface area contributed by atoms with E-state index in [1.807, 2.05) is 0 Å². The lowest BCUT2D eigenvalue weighted by atomic mass is 9.95. The van der Waals surface area contributed by atoms with Gasteiger partial charge in [-0.05, 0) is 46.9 Å². The maximum atomic E-state index is 2.41. The molecular formula is C18H20. The molecule has 0 N–H and O–H groups in total. The van der Waals surface area contributed by atoms with E-state index >= 15 is 0 Å². The Bertz CT molecular complexity index is 539. The van der Waals surface area contributed by atoms with Crippen LogP contribution in [0.3, 0.4) is 0 Å². The average Bonchev–Trinajstić information content (AvgIpc) is 2.76. The fourth-order valence-electron chi connectivity index (χ4n) is 3.25. The monoisotopic (exact) mass is 236 g/mol. The van der Waals surface area contributed by atoms with E-state index in [4.69, 9.17) is 0 Å². The molecule has 3 rings (SSSR count). The summed E-state index contributed by atoms with van der Waals surface area (Å²) in [5.74, 6) is 1.49. The van der Waals surface area contributed by atoms with E-state index in [-0.39, 0.29) is 0 Å². The summed E-state index contributed by atoms with van der Waals surface area (Å²) in [4.78, 5) is 0. The van der Waals surface area contributed by atoms with Crippen LogP contribution in [0.1, 0.15) is 49.7 Å². The average molecular weight is 236 g/mol. The molecule has 0 saturated heterocycles. The Labute approximate surface area is 110 Å². The second kappa shape index (κ2) is 4.61. The molecular weight excluding hydrogens is 216 g/mol. The minimum atomic E-state index is 0.716. The number of benzene rings is 2. The Balaban J connectivity index is 2.05. The molecule has 0 fully saturated rings. The topological polar surface area (TPSA) is 0 Å². The largest absolute Gasteiger partial charge is 0.0648 e. The van der Waals surface area contributed by atoms with Crippen molar-refractivity contribution in [1.29, 1.82) is 0 Å². The molecule has 0 bridgehead atoms. The molecule has 0 heterocycles. The molecule has 2 aromatic rings. The molecule has 18 heavy (non-hydrogen) atoms. The fourth-order valence-corrected chi connectivity index (χ4v) is 3.25. The van der Waals surface area contributed by atoms with Gasteiger partial charge in [0.05, 0.1) is 0 Å². The Morgan fingerprint density at radius 2 is 1.72 bits per heavy atom. The summed E-state index contributed by atoms with van der Waals surface area (Å²) < 4.78 is 0. The van der Waals surface area contributed by atoms with E-state index in [2.05, 4.69) is 62.4 Å². The third-order valence-corrected chi connectivity index (χ3v) is 4.30. The normalized spacial score (nSPS) is 21.9. The first-order valence-electron chi connectivity index (χ1n) is 6.99. The number of fused-ring (bicyclic) bond motifs is 1. The summed E-state index contributed by atoms with van der Waals surface area (Å²) in [5.41, 5.74) is 5.85. The van der Waals surface area contributed by atoms with Gasteiger partial charge in [-0.25, -0.2) is 0 Å². The van der Waals surface area contributed by atoms with Crippen molar-refractivity contribution in [3.63, 3.8) is 0 Å². The SMILES string of the molecule is CCC1C[C@@H](C)c2cc(-c3ccccc3)ccc21. The van der Waals surface area contributed by atoms with Crippen LogP contribution in [0.4, 0.5) is 0 Å². The van der Waals surface area contributed by atoms with Gasteiger partial charge in [0.15, 0.2) is 0 Å². The highest BCUT2D eigenvalue weighted by atomic mass is 14.3. The quantitative estimate of drug-likeness (QED) is 0.659. The summed E-state index contributed by atoms with van der Waals surface area (Å²) in [7, 11) is 0. The molecule has 0 aromatic heterocycles. The molecule has 92 valence electrons. The zero-order valence-corrected chi connectivity index (χ0v) is 11.2. The Hall–Kier alpha value is -1.56. The van der Waals surface area contributed by atoms with Crippen molar-refractivity contribution in [2.75, 3.05) is 0 Å². The van der Waals surface area contributed by atoms with Crippen LogP contribution in [-0.4, -0.2) is 0 Å². The van der Waals surface area contributed by atoms with Crippen LogP contribution in [0.25, 0.3) is 11.1 Å². The number of hydrogen-bond donors (Lipinski definition) is 0. The summed E-state index contributed by atoms with van der Waals surface area (Å²) in [6.07, 6.45) is 2.59. The minimum Gasteiger partial charge on any atom is -0.0648 e. The van der Waals surface area contributed by atoms with Crippen molar-refractivity contribution in [1.82, 2.24) is 0 Å². The van der Waals surface area contributed by atoms with Crippen molar-refractivity contribution in [2.24, 2.45) is 0 Å². The van der Waals surface area contributed by atoms with Crippen LogP contribution in [-0.2, 0) is 0 Å². The summed E-state index contributed by atoms with van der Waals surface area (Å²) in [6, 6.07) is 17.7. The molecule has 0 nitrogen and oxygen atoms in total. The van der Waals surface area contributed by atoms with Gasteiger partial charge in [0.25, 0.3) is 0 Å². The maximum Gasteiger partial charge on any atom is -0.0156 e. The third kappa shape index (κ3) is 1.86. The van der Waals surface area contributed by atoms with Gasteiger partial charge in [-0.15, -0.1) is 0 Å². The van der Waals surface area contributed by atoms with Crippen molar-refractivity contribution >= 4 is 0 Å². The van der Waals surface area contributed by atoms with Gasteiger partial charge in [0.2, 0.25) is 0 Å². The highest BCUT2D eigenvalue weighted by molar-refractivity contribution is 5.65. The molecule has 0 heteroatoms. The van der Waals surface area contributed by atoms with E-state index in [1.54, 1.807) is 11.1 Å². The third-order valence-electron chi connectivity index (χ3n) is 4.30. The van der Waals surface area contributed by atoms with Gasteiger partial charge in [-0.2, -0.15) is 0 Å². The molecule has 0 radical (unpaired) electrons. The van der Waals surface area contributed by atoms with E-state index in [9.17, 15) is 0 Å². The highest BCUT2D eigenvalue weighted by Gasteiger charge is 2.26. The van der Waals surface area contributed by atoms with Gasteiger partial charge in [0.1, 0.15) is 0 Å². The highest BCUT2D eigenvalue weighted by Crippen LogP contribution is 2.44. The van der Waals surface area contributed by atoms with Gasteiger partial charge < -0.3 is 0 Å². The molecule has 1 aliphatic carbocycles. The van der Waals surface area contributed by atoms with Gasteiger partial charge >= 0.3 is 0 Å². The number of rotatable bonds is 2. The van der Waals surface area contributed by atoms with Crippen molar-refractivity contribution in [2.45, 2.75) is 38.5 Å². The smallest absolute Gasteiger partial charge is 0.0156 e. The molecule has 2 atom stereocenters. The molecule has 2 aromatic carbocycles. The Morgan fingerprint density at radius 1 is 0.944 bits per heavy atom. The van der Waals surface area contributed by atoms with Crippen LogP contribution in [0, 0.1) is 0 Å². The molecule has 0 saturated carbocycles. The molecule has 0 amide bonds. The zero-order chi connectivity index (χ0) is 12.5. The van der Waals surface area contributed by atoms with E-state index < -0.39 is 0 Å². The zero-order valence-electron chi connectivity index (χ0n) is 11.2. The van der Waals surface area contributed by atoms with Crippen LogP contribution in [0.2, 0.25) is 0 Å². The van der Waals surface area contributed by atoms with Crippen LogP contribution in [0.5, 0.6) is 0 Å². The van der Waals surface area contributed by atoms with E-state index in [1.165, 1.54) is 24.0 Å². The first-order valence-corrected chi connectivity index (χ1v) is 6.99. The predicted octanol–water partition coefficient (Wildman–Crippen LogP) is 5.35. The van der Waals surface area contributed by atoms with Gasteiger partial charge in [-0.3, -0.25) is 0 Å². The van der Waals surface area contributed by atoms with Gasteiger partial charge in [0, 0.05) is 0 Å². The summed E-state index contributed by atoms with van der Waals surface area (Å²) in [6.45, 7) is 4.67. The standard InChI is InChI=1S/C18H20/c1-3-14-11-13(2)18-12-16(9-10-17(14)18)15-7-5-4-6-8-15/h4-10,12-14H,3,11H2,1-2H3/t13-,14?/m1/s1. The van der Waals surface area contributed by atoms with Crippen LogP contribution < -0.4 is 0 Å². The van der Waals surface area contributed by atoms with Crippen molar-refractivity contribution in [3.05, 3.63) is 59.7 Å². The summed E-state index contributed by atoms with van der Waals surface area (Å²) >= 11 is 0. The Morgan fingerprint density at radius 3 is 2.44 bits per heavy atom. The lowest BCUT2D eigenvalue weighted by molar-refractivity contribution is 0.603. The lowest BCUT2D eigenvalue weighted by Gasteiger charge is -2.10. The first-order chi connectivity index (χ1) is 8.79.